The van der Waals surface area contributed by atoms with Crippen LogP contribution in [0.15, 0.2) is 41.2 Å². The topological polar surface area (TPSA) is 140 Å². The maximum absolute atomic E-state index is 13.3. The Morgan fingerprint density at radius 3 is 2.51 bits per heavy atom. The highest BCUT2D eigenvalue weighted by molar-refractivity contribution is 5.97. The number of rotatable bonds is 6. The Morgan fingerprint density at radius 2 is 1.91 bits per heavy atom. The number of ether oxygens (including phenoxy) is 1. The van der Waals surface area contributed by atoms with Crippen LogP contribution in [0.5, 0.6) is 6.01 Å². The first-order valence-electron chi connectivity index (χ1n) is 11.3. The molecule has 0 spiro atoms. The van der Waals surface area contributed by atoms with Crippen LogP contribution in [0.2, 0.25) is 0 Å². The minimum absolute atomic E-state index is 0.0209. The Hall–Kier alpha value is -3.70. The zero-order chi connectivity index (χ0) is 25.3. The molecule has 0 aliphatic carbocycles. The first kappa shape index (κ1) is 24.4. The average Bonchev–Trinajstić information content (AvgIpc) is 3.54. The summed E-state index contributed by atoms with van der Waals surface area (Å²) in [4.78, 5) is 33.2. The summed E-state index contributed by atoms with van der Waals surface area (Å²) in [6.45, 7) is 4.18. The van der Waals surface area contributed by atoms with E-state index in [0.717, 1.165) is 15.8 Å². The molecule has 186 valence electrons. The van der Waals surface area contributed by atoms with Crippen LogP contribution in [0.25, 0.3) is 0 Å². The van der Waals surface area contributed by atoms with Crippen molar-refractivity contribution in [2.75, 3.05) is 14.1 Å². The summed E-state index contributed by atoms with van der Waals surface area (Å²) in [7, 11) is 3.25. The fourth-order valence-electron chi connectivity index (χ4n) is 4.17. The summed E-state index contributed by atoms with van der Waals surface area (Å²) in [5, 5.41) is 15.0. The number of benzene rings is 1. The molecule has 0 radical (unpaired) electrons. The largest absolute Gasteiger partial charge is 0.471 e. The number of nitrogens with zero attached hydrogens (tertiary/aromatic N) is 5. The molecular weight excluding hydrogens is 452 g/mol. The zero-order valence-electron chi connectivity index (χ0n) is 20.2. The van der Waals surface area contributed by atoms with Gasteiger partial charge in [-0.3, -0.25) is 9.69 Å². The Labute approximate surface area is 203 Å². The van der Waals surface area contributed by atoms with E-state index in [1.807, 2.05) is 31.2 Å². The van der Waals surface area contributed by atoms with Gasteiger partial charge >= 0.3 is 12.0 Å². The van der Waals surface area contributed by atoms with Crippen LogP contribution in [0.3, 0.4) is 0 Å². The Kier molecular flexibility index (Phi) is 6.90. The fraction of sp³-hybridized carbons (Fsp3) is 0.417. The van der Waals surface area contributed by atoms with Crippen LogP contribution >= 0.6 is 0 Å². The highest BCUT2D eigenvalue weighted by Crippen LogP contribution is 2.36. The number of aliphatic hydroxyl groups is 1. The smallest absolute Gasteiger partial charge is 0.323 e. The van der Waals surface area contributed by atoms with Gasteiger partial charge < -0.3 is 24.9 Å². The van der Waals surface area contributed by atoms with Crippen molar-refractivity contribution < 1.29 is 23.8 Å². The Bertz CT molecular complexity index is 1200. The molecule has 3 N–H and O–H groups in total. The van der Waals surface area contributed by atoms with E-state index in [-0.39, 0.29) is 31.0 Å². The molecule has 3 aromatic rings. The predicted octanol–water partition coefficient (Wildman–Crippen LogP) is 2.08. The van der Waals surface area contributed by atoms with Gasteiger partial charge in [0, 0.05) is 44.6 Å². The van der Waals surface area contributed by atoms with Crippen LogP contribution in [0, 0.1) is 6.92 Å². The summed E-state index contributed by atoms with van der Waals surface area (Å²) >= 11 is 0. The van der Waals surface area contributed by atoms with E-state index in [0.29, 0.717) is 23.5 Å². The molecule has 1 aromatic carbocycles. The van der Waals surface area contributed by atoms with E-state index in [4.69, 9.17) is 14.9 Å². The molecule has 3 heterocycles. The highest BCUT2D eigenvalue weighted by atomic mass is 16.5. The number of aryl methyl sites for hydroxylation is 1. The van der Waals surface area contributed by atoms with Crippen molar-refractivity contribution in [3.63, 3.8) is 0 Å². The summed E-state index contributed by atoms with van der Waals surface area (Å²) in [6, 6.07) is 6.93. The lowest BCUT2D eigenvalue weighted by molar-refractivity contribution is 0.0380. The molecule has 2 aromatic heterocycles. The lowest BCUT2D eigenvalue weighted by Gasteiger charge is -2.29. The van der Waals surface area contributed by atoms with Crippen molar-refractivity contribution in [1.82, 2.24) is 24.6 Å². The second-order valence-electron chi connectivity index (χ2n) is 8.89. The minimum Gasteiger partial charge on any atom is -0.471 e. The molecule has 1 aliphatic heterocycles. The van der Waals surface area contributed by atoms with Crippen molar-refractivity contribution in [2.45, 2.75) is 51.6 Å². The van der Waals surface area contributed by atoms with E-state index in [1.54, 1.807) is 21.0 Å². The second kappa shape index (κ2) is 9.88. The van der Waals surface area contributed by atoms with Gasteiger partial charge in [0.1, 0.15) is 19.1 Å². The molecule has 3 unspecified atom stereocenters. The first-order chi connectivity index (χ1) is 16.7. The van der Waals surface area contributed by atoms with Crippen LogP contribution in [-0.2, 0) is 13.2 Å². The average molecular weight is 483 g/mol. The minimum atomic E-state index is -0.992. The molecule has 1 saturated heterocycles. The normalized spacial score (nSPS) is 19.7. The van der Waals surface area contributed by atoms with Gasteiger partial charge in [-0.15, -0.1) is 9.78 Å². The Balaban J connectivity index is 1.64. The van der Waals surface area contributed by atoms with Crippen LogP contribution in [0.4, 0.5) is 4.79 Å². The van der Waals surface area contributed by atoms with Gasteiger partial charge in [-0.2, -0.15) is 4.98 Å². The van der Waals surface area contributed by atoms with Crippen LogP contribution in [-0.4, -0.2) is 68.0 Å². The summed E-state index contributed by atoms with van der Waals surface area (Å²) in [5.41, 5.74) is 8.52. The van der Waals surface area contributed by atoms with E-state index >= 15 is 0 Å². The zero-order valence-corrected chi connectivity index (χ0v) is 20.2. The molecule has 1 aliphatic rings. The standard InChI is InChI=1S/C24H30N6O5/c1-14-11-34-13-19(14)22(32)30-23(35-12-17-7-5-16(10-25)6-8-17)26-21(27-30)18-9-20(31)29(15(18)2)24(33)28(3)4/h5-8,11,13,15,18,20,31H,9-10,12,25H2,1-4H3. The number of furan rings is 1. The van der Waals surface area contributed by atoms with Gasteiger partial charge in [0.05, 0.1) is 11.8 Å². The Morgan fingerprint density at radius 1 is 1.23 bits per heavy atom. The molecule has 35 heavy (non-hydrogen) atoms. The number of urea groups is 1. The SMILES string of the molecule is Cc1cocc1C(=O)n1nc(C2CC(O)N(C(=O)N(C)C)C2C)nc1OCc1ccc(CN)cc1. The summed E-state index contributed by atoms with van der Waals surface area (Å²) < 4.78 is 12.2. The van der Waals surface area contributed by atoms with E-state index in [2.05, 4.69) is 10.1 Å². The number of aromatic nitrogens is 3. The monoisotopic (exact) mass is 482 g/mol. The van der Waals surface area contributed by atoms with Crippen molar-refractivity contribution in [2.24, 2.45) is 5.73 Å². The maximum Gasteiger partial charge on any atom is 0.323 e. The van der Waals surface area contributed by atoms with E-state index < -0.39 is 18.2 Å². The van der Waals surface area contributed by atoms with Crippen molar-refractivity contribution >= 4 is 11.9 Å². The number of likely N-dealkylation sites (tertiary alicyclic amines) is 1. The van der Waals surface area contributed by atoms with Gasteiger partial charge in [-0.05, 0) is 25.0 Å². The van der Waals surface area contributed by atoms with Gasteiger partial charge in [0.25, 0.3) is 5.91 Å². The fourth-order valence-corrected chi connectivity index (χ4v) is 4.17. The van der Waals surface area contributed by atoms with Gasteiger partial charge in [-0.25, -0.2) is 4.79 Å². The van der Waals surface area contributed by atoms with Gasteiger partial charge in [0.2, 0.25) is 0 Å². The molecule has 3 atom stereocenters. The van der Waals surface area contributed by atoms with Gasteiger partial charge in [0.15, 0.2) is 5.82 Å². The second-order valence-corrected chi connectivity index (χ2v) is 8.89. The highest BCUT2D eigenvalue weighted by Gasteiger charge is 2.44. The lowest BCUT2D eigenvalue weighted by atomic mass is 10.0. The number of hydrogen-bond acceptors (Lipinski definition) is 8. The molecule has 1 fully saturated rings. The van der Waals surface area contributed by atoms with Crippen LogP contribution < -0.4 is 10.5 Å². The van der Waals surface area contributed by atoms with Crippen molar-refractivity contribution in [1.29, 1.82) is 0 Å². The molecule has 11 nitrogen and oxygen atoms in total. The summed E-state index contributed by atoms with van der Waals surface area (Å²) in [5.74, 6) is -0.524. The van der Waals surface area contributed by atoms with Crippen LogP contribution in [0.1, 0.15) is 52.1 Å². The molecular formula is C24H30N6O5. The van der Waals surface area contributed by atoms with Crippen molar-refractivity contribution in [3.05, 3.63) is 64.9 Å². The quantitative estimate of drug-likeness (QED) is 0.544. The molecule has 4 rings (SSSR count). The number of aliphatic hydroxyl groups excluding tert-OH is 1. The lowest BCUT2D eigenvalue weighted by Crippen LogP contribution is -2.46. The van der Waals surface area contributed by atoms with Gasteiger partial charge in [-0.1, -0.05) is 24.3 Å². The number of hydrogen-bond donors (Lipinski definition) is 2. The number of carbonyl (C=O) groups excluding carboxylic acids is 2. The third-order valence-electron chi connectivity index (χ3n) is 6.24. The summed E-state index contributed by atoms with van der Waals surface area (Å²) in [6.07, 6.45) is 2.08. The maximum atomic E-state index is 13.3. The predicted molar refractivity (Wildman–Crippen MR) is 126 cm³/mol. The van der Waals surface area contributed by atoms with E-state index in [9.17, 15) is 14.7 Å². The number of amides is 2. The number of nitrogens with two attached hydrogens (primary N) is 1. The van der Waals surface area contributed by atoms with Crippen molar-refractivity contribution in [3.8, 4) is 6.01 Å². The molecule has 0 bridgehead atoms. The molecule has 0 saturated carbocycles. The third-order valence-corrected chi connectivity index (χ3v) is 6.24. The van der Waals surface area contributed by atoms with E-state index in [1.165, 1.54) is 22.3 Å². The molecule has 11 heteroatoms. The first-order valence-corrected chi connectivity index (χ1v) is 11.3. The molecule has 2 amide bonds. The number of carbonyl (C=O) groups is 2. The third kappa shape index (κ3) is 4.77.